The molecule has 5 aliphatic rings. The average molecular weight is 562 g/mol. The summed E-state index contributed by atoms with van der Waals surface area (Å²) in [4.78, 5) is 16.6. The standard InChI is InChI=1S/C33H43N3O5/c1-18(2)40-32-13-12-30(4)31(5)20(14-23-22-8-6-7-9-25(22)36-29(23)31)15-27(39-17-28(37)35-21-10-11-21)33(30,38)26(32)16-24(34)19(3)41-32/h6-9,16,18-21,27,34,36,38H,10-15,17H2,1-5H3,(H,35,37)/t19?,20?,27-,30?,31+,32?,33-/m0/s1. The largest absolute Gasteiger partial charge is 0.382 e. The molecule has 1 aromatic carbocycles. The number of amides is 1. The molecule has 41 heavy (non-hydrogen) atoms. The minimum atomic E-state index is -1.55. The van der Waals surface area contributed by atoms with E-state index < -0.39 is 34.4 Å². The molecule has 0 radical (unpaired) electrons. The van der Waals surface area contributed by atoms with Gasteiger partial charge in [-0.1, -0.05) is 32.0 Å². The number of carbonyl (C=O) groups excluding carboxylic acids is 1. The Labute approximate surface area is 241 Å². The third-order valence-corrected chi connectivity index (χ3v) is 11.2. The highest BCUT2D eigenvalue weighted by Gasteiger charge is 2.76. The van der Waals surface area contributed by atoms with Crippen molar-refractivity contribution in [1.29, 1.82) is 5.41 Å². The summed E-state index contributed by atoms with van der Waals surface area (Å²) in [6, 6.07) is 8.67. The van der Waals surface area contributed by atoms with Gasteiger partial charge in [-0.2, -0.15) is 0 Å². The van der Waals surface area contributed by atoms with E-state index in [4.69, 9.17) is 19.6 Å². The van der Waals surface area contributed by atoms with Gasteiger partial charge in [-0.15, -0.1) is 0 Å². The third kappa shape index (κ3) is 3.66. The van der Waals surface area contributed by atoms with Crippen LogP contribution in [0, 0.1) is 16.7 Å². The lowest BCUT2D eigenvalue weighted by molar-refractivity contribution is -0.311. The molecule has 8 nitrogen and oxygen atoms in total. The van der Waals surface area contributed by atoms with Crippen molar-refractivity contribution in [2.24, 2.45) is 11.3 Å². The van der Waals surface area contributed by atoms with Crippen LogP contribution in [0.3, 0.4) is 0 Å². The monoisotopic (exact) mass is 561 g/mol. The van der Waals surface area contributed by atoms with Crippen molar-refractivity contribution in [3.63, 3.8) is 0 Å². The van der Waals surface area contributed by atoms with Crippen LogP contribution in [-0.4, -0.2) is 64.1 Å². The number of aliphatic hydroxyl groups is 1. The minimum absolute atomic E-state index is 0.114. The molecule has 1 aliphatic heterocycles. The van der Waals surface area contributed by atoms with Gasteiger partial charge in [0.2, 0.25) is 5.91 Å². The van der Waals surface area contributed by atoms with E-state index in [1.807, 2.05) is 20.8 Å². The third-order valence-electron chi connectivity index (χ3n) is 11.2. The van der Waals surface area contributed by atoms with E-state index in [1.165, 1.54) is 16.6 Å². The van der Waals surface area contributed by atoms with Gasteiger partial charge in [0.1, 0.15) is 12.2 Å². The van der Waals surface area contributed by atoms with Gasteiger partial charge in [0.25, 0.3) is 0 Å². The molecule has 4 aliphatic carbocycles. The molecule has 4 N–H and O–H groups in total. The van der Waals surface area contributed by atoms with E-state index in [2.05, 4.69) is 48.4 Å². The molecule has 8 heteroatoms. The van der Waals surface area contributed by atoms with Crippen LogP contribution in [0.5, 0.6) is 0 Å². The average Bonchev–Trinajstić information content (AvgIpc) is 3.59. The smallest absolute Gasteiger partial charge is 0.246 e. The molecule has 3 fully saturated rings. The molecule has 1 aromatic heterocycles. The topological polar surface area (TPSA) is 117 Å². The Morgan fingerprint density at radius 1 is 1.24 bits per heavy atom. The van der Waals surface area contributed by atoms with Crippen molar-refractivity contribution >= 4 is 22.5 Å². The zero-order chi connectivity index (χ0) is 28.9. The van der Waals surface area contributed by atoms with Gasteiger partial charge >= 0.3 is 0 Å². The number of benzene rings is 1. The molecular formula is C33H43N3O5. The quantitative estimate of drug-likeness (QED) is 0.409. The van der Waals surface area contributed by atoms with Crippen LogP contribution in [0.4, 0.5) is 0 Å². The predicted molar refractivity (Wildman–Crippen MR) is 156 cm³/mol. The molecule has 7 rings (SSSR count). The molecule has 2 aromatic rings. The lowest BCUT2D eigenvalue weighted by atomic mass is 9.41. The van der Waals surface area contributed by atoms with Crippen molar-refractivity contribution in [2.45, 2.75) is 114 Å². The highest BCUT2D eigenvalue weighted by atomic mass is 16.7. The first kappa shape index (κ1) is 27.3. The van der Waals surface area contributed by atoms with Crippen LogP contribution < -0.4 is 5.32 Å². The van der Waals surface area contributed by atoms with E-state index in [0.717, 1.165) is 24.8 Å². The molecule has 4 unspecified atom stereocenters. The van der Waals surface area contributed by atoms with Crippen molar-refractivity contribution in [3.05, 3.63) is 47.2 Å². The van der Waals surface area contributed by atoms with Gasteiger partial charge in [-0.3, -0.25) is 4.79 Å². The number of ether oxygens (including phenoxy) is 3. The number of aromatic nitrogens is 1. The number of carbonyl (C=O) groups is 1. The maximum absolute atomic E-state index is 13.4. The first-order chi connectivity index (χ1) is 19.4. The first-order valence-electron chi connectivity index (χ1n) is 15.3. The number of hydrogen-bond donors (Lipinski definition) is 4. The summed E-state index contributed by atoms with van der Waals surface area (Å²) in [5, 5.41) is 26.4. The highest BCUT2D eigenvalue weighted by Crippen LogP contribution is 2.71. The molecular weight excluding hydrogens is 518 g/mol. The summed E-state index contributed by atoms with van der Waals surface area (Å²) in [5.74, 6) is -1.11. The highest BCUT2D eigenvalue weighted by molar-refractivity contribution is 5.98. The number of fused-ring (bicyclic) bond motifs is 9. The summed E-state index contributed by atoms with van der Waals surface area (Å²) in [5.41, 5.74) is 1.82. The van der Waals surface area contributed by atoms with E-state index in [0.29, 0.717) is 30.5 Å². The van der Waals surface area contributed by atoms with Crippen molar-refractivity contribution in [2.75, 3.05) is 6.61 Å². The van der Waals surface area contributed by atoms with Crippen LogP contribution >= 0.6 is 0 Å². The molecule has 2 heterocycles. The maximum atomic E-state index is 13.4. The van der Waals surface area contributed by atoms with Gasteiger partial charge in [0.05, 0.1) is 24.0 Å². The first-order valence-corrected chi connectivity index (χ1v) is 15.3. The molecule has 0 spiro atoms. The SMILES string of the molecule is CC(C)OC12CCC3(C)[C@@]4(C)c5[nH]c6ccccc6c5CC4C[C@H](OCC(=O)NC4CC4)[C@@]3(O)C1=CC(=N)C(C)O2. The fraction of sp³-hybridized carbons (Fsp3) is 0.636. The molecule has 0 saturated heterocycles. The van der Waals surface area contributed by atoms with E-state index in [1.54, 1.807) is 6.08 Å². The molecule has 7 atom stereocenters. The lowest BCUT2D eigenvalue weighted by Gasteiger charge is -2.68. The summed E-state index contributed by atoms with van der Waals surface area (Å²) in [6.07, 6.45) is 5.15. The summed E-state index contributed by atoms with van der Waals surface area (Å²) >= 11 is 0. The molecule has 1 amide bonds. The van der Waals surface area contributed by atoms with Crippen LogP contribution in [0.25, 0.3) is 10.9 Å². The van der Waals surface area contributed by atoms with Gasteiger partial charge < -0.3 is 35.0 Å². The van der Waals surface area contributed by atoms with Crippen LogP contribution in [0.2, 0.25) is 0 Å². The Morgan fingerprint density at radius 3 is 2.73 bits per heavy atom. The fourth-order valence-corrected chi connectivity index (χ4v) is 8.85. The van der Waals surface area contributed by atoms with Crippen molar-refractivity contribution in [3.8, 4) is 0 Å². The van der Waals surface area contributed by atoms with Gasteiger partial charge in [-0.25, -0.2) is 0 Å². The second-order valence-corrected chi connectivity index (χ2v) is 13.8. The second kappa shape index (κ2) is 8.99. The number of hydrogen-bond acceptors (Lipinski definition) is 6. The Balaban J connectivity index is 1.39. The summed E-state index contributed by atoms with van der Waals surface area (Å²) in [6.45, 7) is 10.2. The summed E-state index contributed by atoms with van der Waals surface area (Å²) < 4.78 is 19.6. The molecule has 220 valence electrons. The Bertz CT molecular complexity index is 1460. The van der Waals surface area contributed by atoms with E-state index >= 15 is 0 Å². The molecule has 3 saturated carbocycles. The predicted octanol–water partition coefficient (Wildman–Crippen LogP) is 4.68. The minimum Gasteiger partial charge on any atom is -0.382 e. The molecule has 0 bridgehead atoms. The number of H-pyrrole nitrogens is 1. The van der Waals surface area contributed by atoms with Crippen molar-refractivity contribution < 1.29 is 24.1 Å². The lowest BCUT2D eigenvalue weighted by Crippen LogP contribution is -2.75. The van der Waals surface area contributed by atoms with Crippen LogP contribution in [-0.2, 0) is 30.8 Å². The van der Waals surface area contributed by atoms with Crippen molar-refractivity contribution in [1.82, 2.24) is 10.3 Å². The fourth-order valence-electron chi connectivity index (χ4n) is 8.85. The zero-order valence-corrected chi connectivity index (χ0v) is 24.8. The van der Waals surface area contributed by atoms with Gasteiger partial charge in [0.15, 0.2) is 5.79 Å². The van der Waals surface area contributed by atoms with Crippen LogP contribution in [0.1, 0.15) is 78.0 Å². The van der Waals surface area contributed by atoms with E-state index in [-0.39, 0.29) is 30.6 Å². The number of para-hydroxylation sites is 1. The van der Waals surface area contributed by atoms with Gasteiger partial charge in [0, 0.05) is 45.5 Å². The zero-order valence-electron chi connectivity index (χ0n) is 24.8. The second-order valence-electron chi connectivity index (χ2n) is 13.8. The number of aromatic amines is 1. The Morgan fingerprint density at radius 2 is 2.00 bits per heavy atom. The summed E-state index contributed by atoms with van der Waals surface area (Å²) in [7, 11) is 0. The van der Waals surface area contributed by atoms with Crippen LogP contribution in [0.15, 0.2) is 35.9 Å². The maximum Gasteiger partial charge on any atom is 0.246 e. The number of nitrogens with one attached hydrogen (secondary N) is 3. The Hall–Kier alpha value is -2.52. The normalized spacial score (nSPS) is 39.6. The van der Waals surface area contributed by atoms with E-state index in [9.17, 15) is 9.90 Å². The van der Waals surface area contributed by atoms with Gasteiger partial charge in [-0.05, 0) is 76.5 Å². The number of rotatable bonds is 6. The Kier molecular flexibility index (Phi) is 5.99.